The zero-order valence-electron chi connectivity index (χ0n) is 16.8. The van der Waals surface area contributed by atoms with Crippen molar-refractivity contribution in [3.05, 3.63) is 85.4 Å². The van der Waals surface area contributed by atoms with Crippen LogP contribution in [-0.4, -0.2) is 19.5 Å². The van der Waals surface area contributed by atoms with Crippen molar-refractivity contribution in [3.8, 4) is 0 Å². The molecule has 4 aromatic heterocycles. The van der Waals surface area contributed by atoms with E-state index in [4.69, 9.17) is 9.40 Å². The second-order valence-corrected chi connectivity index (χ2v) is 9.29. The van der Waals surface area contributed by atoms with Crippen molar-refractivity contribution < 1.29 is 4.42 Å². The van der Waals surface area contributed by atoms with E-state index in [2.05, 4.69) is 9.97 Å². The number of aromatic nitrogens is 4. The number of aryl methyl sites for hydroxylation is 2. The number of H-pyrrole nitrogens is 1. The summed E-state index contributed by atoms with van der Waals surface area (Å²) in [6, 6.07) is 10.9. The molecule has 0 unspecified atom stereocenters. The van der Waals surface area contributed by atoms with Gasteiger partial charge in [-0.15, -0.1) is 11.3 Å². The highest BCUT2D eigenvalue weighted by Crippen LogP contribution is 2.27. The summed E-state index contributed by atoms with van der Waals surface area (Å²) in [5.74, 6) is 1.60. The normalized spacial score (nSPS) is 11.5. The van der Waals surface area contributed by atoms with Crippen molar-refractivity contribution in [3.63, 3.8) is 0 Å². The number of thiophene rings is 1. The summed E-state index contributed by atoms with van der Waals surface area (Å²) in [6.45, 7) is 4.20. The molecule has 9 heteroatoms. The topological polar surface area (TPSA) is 93.8 Å². The van der Waals surface area contributed by atoms with Gasteiger partial charge in [-0.3, -0.25) is 14.2 Å². The molecule has 0 radical (unpaired) electrons. The van der Waals surface area contributed by atoms with Gasteiger partial charge in [-0.05, 0) is 43.7 Å². The molecule has 5 rings (SSSR count). The maximum absolute atomic E-state index is 13.2. The average Bonchev–Trinajstić information content (AvgIpc) is 3.37. The van der Waals surface area contributed by atoms with Crippen molar-refractivity contribution in [2.45, 2.75) is 31.3 Å². The van der Waals surface area contributed by atoms with Crippen molar-refractivity contribution >= 4 is 44.2 Å². The Labute approximate surface area is 184 Å². The molecular weight excluding hydrogens is 432 g/mol. The number of fused-ring (bicyclic) bond motifs is 2. The molecule has 0 bridgehead atoms. The number of hydrogen-bond acceptors (Lipinski definition) is 7. The van der Waals surface area contributed by atoms with Crippen LogP contribution in [0.3, 0.4) is 0 Å². The molecule has 0 spiro atoms. The number of aromatic amines is 1. The minimum absolute atomic E-state index is 0.133. The van der Waals surface area contributed by atoms with Crippen molar-refractivity contribution in [2.24, 2.45) is 0 Å². The van der Waals surface area contributed by atoms with Gasteiger partial charge in [0.25, 0.3) is 11.1 Å². The van der Waals surface area contributed by atoms with E-state index in [1.165, 1.54) is 23.1 Å². The highest BCUT2D eigenvalue weighted by Gasteiger charge is 2.15. The Hall–Kier alpha value is -3.17. The minimum Gasteiger partial charge on any atom is -0.467 e. The number of nitrogens with zero attached hydrogens (tertiary/aromatic N) is 3. The predicted molar refractivity (Wildman–Crippen MR) is 123 cm³/mol. The van der Waals surface area contributed by atoms with Gasteiger partial charge in [0.1, 0.15) is 16.4 Å². The third kappa shape index (κ3) is 3.60. The van der Waals surface area contributed by atoms with E-state index in [-0.39, 0.29) is 17.7 Å². The number of thioether (sulfide) groups is 1. The lowest BCUT2D eigenvalue weighted by atomic mass is 10.2. The first-order chi connectivity index (χ1) is 15.0. The first kappa shape index (κ1) is 19.8. The van der Waals surface area contributed by atoms with Crippen molar-refractivity contribution in [2.75, 3.05) is 0 Å². The standard InChI is InChI=1S/C22H18N4O3S2/c1-12-13(2)31-20-18(12)19(27)24-17(25-20)11-30-22-23-16-8-4-3-7-15(16)21(28)26(22)10-14-6-5-9-29-14/h3-9H,10-11H2,1-2H3,(H,24,25,27). The Morgan fingerprint density at radius 1 is 1.13 bits per heavy atom. The summed E-state index contributed by atoms with van der Waals surface area (Å²) in [4.78, 5) is 39.7. The summed E-state index contributed by atoms with van der Waals surface area (Å²) < 4.78 is 7.04. The van der Waals surface area contributed by atoms with Gasteiger partial charge in [0.2, 0.25) is 0 Å². The molecule has 4 heterocycles. The number of nitrogens with one attached hydrogen (secondary N) is 1. The molecule has 0 aliphatic heterocycles. The fraction of sp³-hybridized carbons (Fsp3) is 0.182. The molecular formula is C22H18N4O3S2. The van der Waals surface area contributed by atoms with Gasteiger partial charge in [-0.1, -0.05) is 23.9 Å². The molecule has 7 nitrogen and oxygen atoms in total. The second-order valence-electron chi connectivity index (χ2n) is 7.15. The summed E-state index contributed by atoms with van der Waals surface area (Å²) in [5.41, 5.74) is 1.33. The predicted octanol–water partition coefficient (Wildman–Crippen LogP) is 4.24. The maximum atomic E-state index is 13.2. The fourth-order valence-electron chi connectivity index (χ4n) is 3.46. The maximum Gasteiger partial charge on any atom is 0.262 e. The fourth-order valence-corrected chi connectivity index (χ4v) is 5.37. The van der Waals surface area contributed by atoms with Crippen LogP contribution in [0, 0.1) is 13.8 Å². The van der Waals surface area contributed by atoms with E-state index in [0.717, 1.165) is 15.3 Å². The van der Waals surface area contributed by atoms with Gasteiger partial charge in [0.05, 0.1) is 34.8 Å². The number of hydrogen-bond donors (Lipinski definition) is 1. The lowest BCUT2D eigenvalue weighted by molar-refractivity contribution is 0.476. The van der Waals surface area contributed by atoms with E-state index in [9.17, 15) is 9.59 Å². The van der Waals surface area contributed by atoms with Gasteiger partial charge in [-0.2, -0.15) is 0 Å². The number of rotatable bonds is 5. The van der Waals surface area contributed by atoms with Crippen molar-refractivity contribution in [1.82, 2.24) is 19.5 Å². The Morgan fingerprint density at radius 3 is 2.77 bits per heavy atom. The minimum atomic E-state index is -0.137. The molecule has 31 heavy (non-hydrogen) atoms. The van der Waals surface area contributed by atoms with E-state index in [1.54, 1.807) is 23.0 Å². The van der Waals surface area contributed by atoms with Gasteiger partial charge in [0.15, 0.2) is 5.16 Å². The molecule has 0 saturated carbocycles. The molecule has 0 fully saturated rings. The van der Waals surface area contributed by atoms with Crippen LogP contribution in [-0.2, 0) is 12.3 Å². The van der Waals surface area contributed by atoms with Crippen LogP contribution in [0.2, 0.25) is 0 Å². The highest BCUT2D eigenvalue weighted by molar-refractivity contribution is 7.98. The van der Waals surface area contributed by atoms with Gasteiger partial charge >= 0.3 is 0 Å². The molecule has 1 aromatic carbocycles. The molecule has 156 valence electrons. The van der Waals surface area contributed by atoms with Crippen LogP contribution < -0.4 is 11.1 Å². The lowest BCUT2D eigenvalue weighted by Crippen LogP contribution is -2.24. The van der Waals surface area contributed by atoms with Gasteiger partial charge in [-0.25, -0.2) is 9.97 Å². The van der Waals surface area contributed by atoms with E-state index < -0.39 is 0 Å². The van der Waals surface area contributed by atoms with Gasteiger partial charge in [0, 0.05) is 4.88 Å². The van der Waals surface area contributed by atoms with Crippen LogP contribution in [0.5, 0.6) is 0 Å². The van der Waals surface area contributed by atoms with Crippen LogP contribution in [0.15, 0.2) is 61.8 Å². The molecule has 1 N–H and O–H groups in total. The Morgan fingerprint density at radius 2 is 1.97 bits per heavy atom. The van der Waals surface area contributed by atoms with Crippen LogP contribution >= 0.6 is 23.1 Å². The number of furan rings is 1. The van der Waals surface area contributed by atoms with Crippen molar-refractivity contribution in [1.29, 1.82) is 0 Å². The Kier molecular flexibility index (Phi) is 4.99. The van der Waals surface area contributed by atoms with Gasteiger partial charge < -0.3 is 9.40 Å². The smallest absolute Gasteiger partial charge is 0.262 e. The molecule has 5 aromatic rings. The molecule has 0 aliphatic carbocycles. The molecule has 0 saturated heterocycles. The summed E-state index contributed by atoms with van der Waals surface area (Å²) >= 11 is 2.88. The third-order valence-electron chi connectivity index (χ3n) is 5.15. The number of benzene rings is 1. The SMILES string of the molecule is Cc1sc2nc(CSc3nc4ccccc4c(=O)n3Cc3ccco3)[nH]c(=O)c2c1C. The zero-order chi connectivity index (χ0) is 21.5. The average molecular weight is 451 g/mol. The quantitative estimate of drug-likeness (QED) is 0.318. The Balaban J connectivity index is 1.54. The monoisotopic (exact) mass is 450 g/mol. The van der Waals surface area contributed by atoms with E-state index in [0.29, 0.717) is 38.8 Å². The van der Waals surface area contributed by atoms with Crippen LogP contribution in [0.4, 0.5) is 0 Å². The highest BCUT2D eigenvalue weighted by atomic mass is 32.2. The first-order valence-electron chi connectivity index (χ1n) is 9.65. The molecule has 0 atom stereocenters. The largest absolute Gasteiger partial charge is 0.467 e. The molecule has 0 aliphatic rings. The van der Waals surface area contributed by atoms with E-state index in [1.807, 2.05) is 38.1 Å². The second kappa shape index (κ2) is 7.82. The zero-order valence-corrected chi connectivity index (χ0v) is 18.5. The summed E-state index contributed by atoms with van der Waals surface area (Å²) in [7, 11) is 0. The van der Waals surface area contributed by atoms with Crippen LogP contribution in [0.1, 0.15) is 22.0 Å². The summed E-state index contributed by atoms with van der Waals surface area (Å²) in [6.07, 6.45) is 1.58. The van der Waals surface area contributed by atoms with Crippen LogP contribution in [0.25, 0.3) is 21.1 Å². The van der Waals surface area contributed by atoms with E-state index >= 15 is 0 Å². The Bertz CT molecular complexity index is 1530. The number of para-hydroxylation sites is 1. The first-order valence-corrected chi connectivity index (χ1v) is 11.4. The lowest BCUT2D eigenvalue weighted by Gasteiger charge is -2.12. The summed E-state index contributed by atoms with van der Waals surface area (Å²) in [5, 5.41) is 1.74. The molecule has 0 amide bonds. The third-order valence-corrected chi connectivity index (χ3v) is 7.24.